The molecule has 0 saturated heterocycles. The number of carbonyl (C=O) groups is 1. The summed E-state index contributed by atoms with van der Waals surface area (Å²) in [5.74, 6) is 2.32. The van der Waals surface area contributed by atoms with Crippen molar-refractivity contribution in [3.63, 3.8) is 0 Å². The second kappa shape index (κ2) is 8.77. The highest BCUT2D eigenvalue weighted by molar-refractivity contribution is 5.90. The van der Waals surface area contributed by atoms with Crippen molar-refractivity contribution in [3.05, 3.63) is 11.6 Å². The molecule has 1 aliphatic heterocycles. The van der Waals surface area contributed by atoms with Crippen molar-refractivity contribution in [1.82, 2.24) is 0 Å². The van der Waals surface area contributed by atoms with Crippen molar-refractivity contribution < 1.29 is 14.6 Å². The van der Waals surface area contributed by atoms with Gasteiger partial charge in [0.15, 0.2) is 0 Å². The van der Waals surface area contributed by atoms with E-state index >= 15 is 0 Å². The number of cyclic esters (lactones) is 1. The summed E-state index contributed by atoms with van der Waals surface area (Å²) in [6.07, 6.45) is 14.1. The molecule has 0 aromatic rings. The van der Waals surface area contributed by atoms with Gasteiger partial charge in [0.1, 0.15) is 6.10 Å². The van der Waals surface area contributed by atoms with Crippen molar-refractivity contribution in [2.75, 3.05) is 0 Å². The fourth-order valence-electron chi connectivity index (χ4n) is 2.28. The third-order valence-electron chi connectivity index (χ3n) is 3.33. The lowest BCUT2D eigenvalue weighted by Crippen LogP contribution is -2.04. The Morgan fingerprint density at radius 1 is 1.37 bits per heavy atom. The molecule has 0 bridgehead atoms. The van der Waals surface area contributed by atoms with Gasteiger partial charge in [0, 0.05) is 12.0 Å². The predicted octanol–water partition coefficient (Wildman–Crippen LogP) is 2.97. The van der Waals surface area contributed by atoms with E-state index in [1.807, 2.05) is 13.0 Å². The number of terminal acetylenes is 1. The first-order valence-corrected chi connectivity index (χ1v) is 7.16. The van der Waals surface area contributed by atoms with Gasteiger partial charge in [-0.3, -0.25) is 0 Å². The van der Waals surface area contributed by atoms with Crippen LogP contribution < -0.4 is 0 Å². The smallest absolute Gasteiger partial charge is 0.334 e. The summed E-state index contributed by atoms with van der Waals surface area (Å²) in [5, 5.41) is 9.45. The zero-order chi connectivity index (χ0) is 14.1. The zero-order valence-corrected chi connectivity index (χ0v) is 11.7. The van der Waals surface area contributed by atoms with E-state index in [-0.39, 0.29) is 18.2 Å². The van der Waals surface area contributed by atoms with E-state index in [2.05, 4.69) is 5.92 Å². The Hall–Kier alpha value is -1.27. The van der Waals surface area contributed by atoms with Crippen LogP contribution in [0.2, 0.25) is 0 Å². The first-order chi connectivity index (χ1) is 9.13. The minimum absolute atomic E-state index is 0.0554. The normalized spacial score (nSPS) is 19.7. The van der Waals surface area contributed by atoms with Crippen LogP contribution in [0.1, 0.15) is 58.3 Å². The van der Waals surface area contributed by atoms with Crippen molar-refractivity contribution in [3.8, 4) is 12.3 Å². The van der Waals surface area contributed by atoms with E-state index < -0.39 is 0 Å². The average molecular weight is 264 g/mol. The van der Waals surface area contributed by atoms with E-state index in [0.717, 1.165) is 50.5 Å². The van der Waals surface area contributed by atoms with Gasteiger partial charge < -0.3 is 9.84 Å². The van der Waals surface area contributed by atoms with Crippen molar-refractivity contribution in [1.29, 1.82) is 0 Å². The average Bonchev–Trinajstić information content (AvgIpc) is 2.67. The molecular weight excluding hydrogens is 240 g/mol. The molecule has 3 heteroatoms. The maximum absolute atomic E-state index is 11.4. The quantitative estimate of drug-likeness (QED) is 0.395. The minimum atomic E-state index is -0.343. The fraction of sp³-hybridized carbons (Fsp3) is 0.688. The highest BCUT2D eigenvalue weighted by Crippen LogP contribution is 2.19. The molecule has 0 aliphatic carbocycles. The van der Waals surface area contributed by atoms with Gasteiger partial charge in [-0.2, -0.15) is 0 Å². The number of hydrogen-bond donors (Lipinski definition) is 1. The molecule has 1 rings (SSSR count). The van der Waals surface area contributed by atoms with Gasteiger partial charge >= 0.3 is 5.97 Å². The summed E-state index contributed by atoms with van der Waals surface area (Å²) in [5.41, 5.74) is 0.831. The van der Waals surface area contributed by atoms with E-state index in [1.165, 1.54) is 0 Å². The lowest BCUT2D eigenvalue weighted by Gasteiger charge is -2.06. The third kappa shape index (κ3) is 6.45. The number of esters is 1. The summed E-state index contributed by atoms with van der Waals surface area (Å²) in [4.78, 5) is 11.4. The lowest BCUT2D eigenvalue weighted by molar-refractivity contribution is -0.139. The van der Waals surface area contributed by atoms with Crippen LogP contribution in [0.3, 0.4) is 0 Å². The van der Waals surface area contributed by atoms with Gasteiger partial charge in [-0.05, 0) is 32.3 Å². The Bertz CT molecular complexity index is 351. The Kier molecular flexibility index (Phi) is 7.28. The number of hydrogen-bond acceptors (Lipinski definition) is 3. The number of ether oxygens (including phenoxy) is 1. The zero-order valence-electron chi connectivity index (χ0n) is 11.7. The molecule has 0 fully saturated rings. The van der Waals surface area contributed by atoms with Gasteiger partial charge in [-0.25, -0.2) is 4.79 Å². The highest BCUT2D eigenvalue weighted by atomic mass is 16.5. The topological polar surface area (TPSA) is 46.5 Å². The molecule has 106 valence electrons. The third-order valence-corrected chi connectivity index (χ3v) is 3.33. The molecule has 3 nitrogen and oxygen atoms in total. The van der Waals surface area contributed by atoms with Gasteiger partial charge in [0.05, 0.1) is 6.10 Å². The summed E-state index contributed by atoms with van der Waals surface area (Å²) >= 11 is 0. The molecule has 0 aromatic heterocycles. The maximum Gasteiger partial charge on any atom is 0.334 e. The molecule has 0 aromatic carbocycles. The van der Waals surface area contributed by atoms with E-state index in [0.29, 0.717) is 6.42 Å². The minimum Gasteiger partial charge on any atom is -0.455 e. The lowest BCUT2D eigenvalue weighted by atomic mass is 10.0. The molecule has 1 aliphatic rings. The van der Waals surface area contributed by atoms with Crippen LogP contribution in [0.15, 0.2) is 11.6 Å². The van der Waals surface area contributed by atoms with E-state index in [1.54, 1.807) is 0 Å². The number of carbonyl (C=O) groups excluding carboxylic acids is 1. The molecular formula is C16H24O3. The van der Waals surface area contributed by atoms with Crippen LogP contribution in [-0.2, 0) is 9.53 Å². The van der Waals surface area contributed by atoms with Crippen molar-refractivity contribution in [2.45, 2.75) is 70.5 Å². The summed E-state index contributed by atoms with van der Waals surface area (Å²) in [6, 6.07) is 0. The molecule has 1 heterocycles. The van der Waals surface area contributed by atoms with Crippen LogP contribution in [-0.4, -0.2) is 23.3 Å². The molecule has 1 N–H and O–H groups in total. The second-order valence-corrected chi connectivity index (χ2v) is 5.17. The van der Waals surface area contributed by atoms with Crippen molar-refractivity contribution in [2.24, 2.45) is 0 Å². The van der Waals surface area contributed by atoms with Crippen LogP contribution >= 0.6 is 0 Å². The Labute approximate surface area is 116 Å². The molecule has 0 saturated carbocycles. The summed E-state index contributed by atoms with van der Waals surface area (Å²) in [7, 11) is 0. The van der Waals surface area contributed by atoms with Gasteiger partial charge in [0.25, 0.3) is 0 Å². The van der Waals surface area contributed by atoms with Gasteiger partial charge in [0.2, 0.25) is 0 Å². The first kappa shape index (κ1) is 15.8. The standard InChI is InChI=1S/C16H24O3/c1-3-9-15(17)11-8-6-4-5-7-10-14-12-13(2)19-16(14)18/h1,12-13,15,17H,4-11H2,2H3/t13-,15-/m0/s1. The monoisotopic (exact) mass is 264 g/mol. The fourth-order valence-corrected chi connectivity index (χ4v) is 2.28. The molecule has 0 radical (unpaired) electrons. The van der Waals surface area contributed by atoms with E-state index in [9.17, 15) is 9.90 Å². The molecule has 0 spiro atoms. The van der Waals surface area contributed by atoms with Crippen LogP contribution in [0.25, 0.3) is 0 Å². The second-order valence-electron chi connectivity index (χ2n) is 5.17. The van der Waals surface area contributed by atoms with Crippen LogP contribution in [0, 0.1) is 12.3 Å². The largest absolute Gasteiger partial charge is 0.455 e. The van der Waals surface area contributed by atoms with Crippen LogP contribution in [0.4, 0.5) is 0 Å². The SMILES string of the molecule is C#CC[C@H](O)CCCCCCCC1=C[C@H](C)OC1=O. The Morgan fingerprint density at radius 2 is 2.05 bits per heavy atom. The predicted molar refractivity (Wildman–Crippen MR) is 75.4 cm³/mol. The summed E-state index contributed by atoms with van der Waals surface area (Å²) in [6.45, 7) is 1.88. The number of rotatable bonds is 9. The highest BCUT2D eigenvalue weighted by Gasteiger charge is 2.20. The number of aliphatic hydroxyl groups excluding tert-OH is 1. The molecule has 0 amide bonds. The Balaban J connectivity index is 1.96. The number of unbranched alkanes of at least 4 members (excludes halogenated alkanes) is 4. The van der Waals surface area contributed by atoms with Crippen molar-refractivity contribution >= 4 is 5.97 Å². The maximum atomic E-state index is 11.4. The summed E-state index contributed by atoms with van der Waals surface area (Å²) < 4.78 is 5.04. The molecule has 19 heavy (non-hydrogen) atoms. The Morgan fingerprint density at radius 3 is 2.68 bits per heavy atom. The number of aliphatic hydroxyl groups is 1. The van der Waals surface area contributed by atoms with Gasteiger partial charge in [-0.1, -0.05) is 25.7 Å². The van der Waals surface area contributed by atoms with Gasteiger partial charge in [-0.15, -0.1) is 12.3 Å². The van der Waals surface area contributed by atoms with Crippen LogP contribution in [0.5, 0.6) is 0 Å². The molecule has 2 atom stereocenters. The first-order valence-electron chi connectivity index (χ1n) is 7.16. The van der Waals surface area contributed by atoms with E-state index in [4.69, 9.17) is 11.2 Å². The molecule has 0 unspecified atom stereocenters.